The van der Waals surface area contributed by atoms with Gasteiger partial charge in [-0.25, -0.2) is 10.9 Å². The summed E-state index contributed by atoms with van der Waals surface area (Å²) in [5.74, 6) is -0.688. The Balaban J connectivity index is 1.71. The molecule has 0 bridgehead atoms. The highest BCUT2D eigenvalue weighted by molar-refractivity contribution is 6.39. The van der Waals surface area contributed by atoms with E-state index in [4.69, 9.17) is 46.4 Å². The highest BCUT2D eigenvalue weighted by Gasteiger charge is 2.06. The van der Waals surface area contributed by atoms with Crippen LogP contribution in [0.2, 0.25) is 20.1 Å². The van der Waals surface area contributed by atoms with E-state index < -0.39 is 0 Å². The molecule has 0 aromatic heterocycles. The van der Waals surface area contributed by atoms with E-state index in [0.29, 0.717) is 37.6 Å². The summed E-state index contributed by atoms with van der Waals surface area (Å²) in [5, 5.41) is 9.32. The van der Waals surface area contributed by atoms with Crippen molar-refractivity contribution in [3.63, 3.8) is 0 Å². The lowest BCUT2D eigenvalue weighted by molar-refractivity contribution is -0.122. The lowest BCUT2D eigenvalue weighted by Gasteiger charge is -2.03. The fraction of sp³-hybridized carbons (Fsp3) is 0.158. The fourth-order valence-electron chi connectivity index (χ4n) is 2.13. The summed E-state index contributed by atoms with van der Waals surface area (Å²) < 4.78 is 0. The lowest BCUT2D eigenvalue weighted by atomic mass is 10.2. The van der Waals surface area contributed by atoms with Crippen molar-refractivity contribution in [1.29, 1.82) is 0 Å². The van der Waals surface area contributed by atoms with Crippen molar-refractivity contribution >= 4 is 70.6 Å². The molecule has 2 amide bonds. The fourth-order valence-corrected chi connectivity index (χ4v) is 3.12. The molecule has 10 heteroatoms. The van der Waals surface area contributed by atoms with E-state index in [-0.39, 0.29) is 24.7 Å². The summed E-state index contributed by atoms with van der Waals surface area (Å²) in [7, 11) is 0. The summed E-state index contributed by atoms with van der Waals surface area (Å²) in [6.07, 6.45) is 3.28. The minimum Gasteiger partial charge on any atom is -0.273 e. The van der Waals surface area contributed by atoms with Crippen LogP contribution in [0.1, 0.15) is 30.4 Å². The number of benzene rings is 2. The second kappa shape index (κ2) is 11.8. The molecule has 0 aliphatic carbocycles. The zero-order valence-corrected chi connectivity index (χ0v) is 18.0. The van der Waals surface area contributed by atoms with Crippen LogP contribution in [-0.2, 0) is 9.59 Å². The third kappa shape index (κ3) is 7.66. The average Bonchev–Trinajstić information content (AvgIpc) is 2.66. The Morgan fingerprint density at radius 2 is 1.07 bits per heavy atom. The first-order valence-electron chi connectivity index (χ1n) is 8.40. The molecule has 0 radical (unpaired) electrons. The van der Waals surface area contributed by atoms with Gasteiger partial charge in [0.2, 0.25) is 11.8 Å². The first-order valence-corrected chi connectivity index (χ1v) is 9.91. The quantitative estimate of drug-likeness (QED) is 0.414. The molecule has 0 heterocycles. The number of amides is 2. The smallest absolute Gasteiger partial charge is 0.240 e. The maximum Gasteiger partial charge on any atom is 0.240 e. The molecular formula is C19H16Cl4N4O2. The lowest BCUT2D eigenvalue weighted by Crippen LogP contribution is -2.20. The van der Waals surface area contributed by atoms with E-state index in [1.807, 2.05) is 0 Å². The Labute approximate surface area is 187 Å². The second-order valence-corrected chi connectivity index (χ2v) is 7.34. The van der Waals surface area contributed by atoms with Crippen molar-refractivity contribution < 1.29 is 9.59 Å². The summed E-state index contributed by atoms with van der Waals surface area (Å²) >= 11 is 24.0. The number of nitrogens with zero attached hydrogens (tertiary/aromatic N) is 2. The Kier molecular flexibility index (Phi) is 9.41. The van der Waals surface area contributed by atoms with E-state index in [9.17, 15) is 9.59 Å². The van der Waals surface area contributed by atoms with Crippen molar-refractivity contribution in [3.8, 4) is 0 Å². The van der Waals surface area contributed by atoms with Gasteiger partial charge in [-0.3, -0.25) is 9.59 Å². The Morgan fingerprint density at radius 1 is 0.724 bits per heavy atom. The average molecular weight is 474 g/mol. The number of nitrogens with one attached hydrogen (secondary N) is 2. The molecule has 2 rings (SSSR count). The van der Waals surface area contributed by atoms with Crippen molar-refractivity contribution in [2.45, 2.75) is 19.3 Å². The van der Waals surface area contributed by atoms with E-state index in [2.05, 4.69) is 21.1 Å². The summed E-state index contributed by atoms with van der Waals surface area (Å²) in [4.78, 5) is 23.6. The first-order chi connectivity index (χ1) is 13.9. The van der Waals surface area contributed by atoms with E-state index in [1.165, 1.54) is 12.4 Å². The van der Waals surface area contributed by atoms with Gasteiger partial charge in [0, 0.05) is 24.0 Å². The van der Waals surface area contributed by atoms with Gasteiger partial charge in [0.25, 0.3) is 0 Å². The van der Waals surface area contributed by atoms with Gasteiger partial charge in [-0.2, -0.15) is 10.2 Å². The standard InChI is InChI=1S/C19H16Cl4N4O2/c20-14-4-1-5-15(21)12(14)10-24-26-18(28)8-3-9-19(29)27-25-11-13-16(22)6-2-7-17(13)23/h1-2,4-7,10-11H,3,8-9H2,(H,26,28)(H,27,29)/b24-10+,25-11+. The highest BCUT2D eigenvalue weighted by atomic mass is 35.5. The van der Waals surface area contributed by atoms with Crippen LogP contribution >= 0.6 is 46.4 Å². The minimum absolute atomic E-state index is 0.112. The predicted octanol–water partition coefficient (Wildman–Crippen LogP) is 5.07. The molecule has 0 saturated heterocycles. The van der Waals surface area contributed by atoms with Gasteiger partial charge in [0.05, 0.1) is 32.5 Å². The van der Waals surface area contributed by atoms with E-state index in [0.717, 1.165) is 0 Å². The van der Waals surface area contributed by atoms with Crippen molar-refractivity contribution in [1.82, 2.24) is 10.9 Å². The van der Waals surface area contributed by atoms with Gasteiger partial charge >= 0.3 is 0 Å². The van der Waals surface area contributed by atoms with Crippen LogP contribution in [0.15, 0.2) is 46.6 Å². The molecule has 0 saturated carbocycles. The number of carbonyl (C=O) groups excluding carboxylic acids is 2. The number of halogens is 4. The molecule has 6 nitrogen and oxygen atoms in total. The van der Waals surface area contributed by atoms with Gasteiger partial charge in [0.15, 0.2) is 0 Å². The number of hydrogen-bond acceptors (Lipinski definition) is 4. The topological polar surface area (TPSA) is 82.9 Å². The molecule has 152 valence electrons. The second-order valence-electron chi connectivity index (χ2n) is 5.71. The summed E-state index contributed by atoms with van der Waals surface area (Å²) in [5.41, 5.74) is 5.73. The Morgan fingerprint density at radius 3 is 1.41 bits per heavy atom. The molecule has 0 unspecified atom stereocenters. The largest absolute Gasteiger partial charge is 0.273 e. The first kappa shape index (κ1) is 23.2. The third-order valence-corrected chi connectivity index (χ3v) is 4.89. The number of hydrogen-bond donors (Lipinski definition) is 2. The van der Waals surface area contributed by atoms with Crippen molar-refractivity contribution in [3.05, 3.63) is 67.6 Å². The molecule has 0 fully saturated rings. The SMILES string of the molecule is O=C(CCCC(=O)N/N=C/c1c(Cl)cccc1Cl)N/N=C/c1c(Cl)cccc1Cl. The number of carbonyl (C=O) groups is 2. The summed E-state index contributed by atoms with van der Waals surface area (Å²) in [6, 6.07) is 10.1. The maximum absolute atomic E-state index is 11.8. The van der Waals surface area contributed by atoms with Crippen LogP contribution in [0, 0.1) is 0 Å². The Hall–Kier alpha value is -2.12. The van der Waals surface area contributed by atoms with Gasteiger partial charge in [-0.1, -0.05) is 58.5 Å². The molecule has 0 atom stereocenters. The van der Waals surface area contributed by atoms with Gasteiger partial charge in [-0.15, -0.1) is 0 Å². The highest BCUT2D eigenvalue weighted by Crippen LogP contribution is 2.22. The number of rotatable bonds is 8. The van der Waals surface area contributed by atoms with Gasteiger partial charge in [-0.05, 0) is 30.7 Å². The molecule has 2 N–H and O–H groups in total. The molecule has 29 heavy (non-hydrogen) atoms. The monoisotopic (exact) mass is 472 g/mol. The zero-order valence-electron chi connectivity index (χ0n) is 15.0. The maximum atomic E-state index is 11.8. The van der Waals surface area contributed by atoms with Crippen LogP contribution in [0.4, 0.5) is 0 Å². The predicted molar refractivity (Wildman–Crippen MR) is 118 cm³/mol. The normalized spacial score (nSPS) is 11.2. The molecule has 0 aliphatic heterocycles. The number of hydrazone groups is 2. The molecule has 0 spiro atoms. The van der Waals surface area contributed by atoms with Gasteiger partial charge < -0.3 is 0 Å². The van der Waals surface area contributed by atoms with Crippen LogP contribution in [0.5, 0.6) is 0 Å². The molecule has 2 aromatic rings. The molecule has 0 aliphatic rings. The molecular weight excluding hydrogens is 458 g/mol. The van der Waals surface area contributed by atoms with Gasteiger partial charge in [0.1, 0.15) is 0 Å². The zero-order chi connectivity index (χ0) is 21.2. The summed E-state index contributed by atoms with van der Waals surface area (Å²) in [6.45, 7) is 0. The van der Waals surface area contributed by atoms with Crippen LogP contribution < -0.4 is 10.9 Å². The minimum atomic E-state index is -0.344. The van der Waals surface area contributed by atoms with Crippen LogP contribution in [0.25, 0.3) is 0 Å². The van der Waals surface area contributed by atoms with E-state index in [1.54, 1.807) is 36.4 Å². The van der Waals surface area contributed by atoms with E-state index >= 15 is 0 Å². The Bertz CT molecular complexity index is 832. The van der Waals surface area contributed by atoms with Crippen molar-refractivity contribution in [2.75, 3.05) is 0 Å². The van der Waals surface area contributed by atoms with Crippen LogP contribution in [0.3, 0.4) is 0 Å². The van der Waals surface area contributed by atoms with Crippen LogP contribution in [-0.4, -0.2) is 24.2 Å². The third-order valence-electron chi connectivity index (χ3n) is 3.57. The molecule has 2 aromatic carbocycles. The van der Waals surface area contributed by atoms with Crippen molar-refractivity contribution in [2.24, 2.45) is 10.2 Å².